The van der Waals surface area contributed by atoms with Crippen LogP contribution in [0.25, 0.3) is 0 Å². The maximum atomic E-state index is 12.6. The Kier molecular flexibility index (Phi) is 5.37. The van der Waals surface area contributed by atoms with Crippen molar-refractivity contribution >= 4 is 33.8 Å². The Bertz CT molecular complexity index is 847. The molecule has 0 aliphatic rings. The van der Waals surface area contributed by atoms with Crippen LogP contribution in [0.4, 0.5) is 10.7 Å². The summed E-state index contributed by atoms with van der Waals surface area (Å²) in [6, 6.07) is 7.77. The summed E-state index contributed by atoms with van der Waals surface area (Å²) in [7, 11) is 0. The monoisotopic (exact) mass is 341 g/mol. The number of hydrogen-bond donors (Lipinski definition) is 2. The van der Waals surface area contributed by atoms with E-state index in [2.05, 4.69) is 16.7 Å². The molecule has 0 spiro atoms. The average Bonchev–Trinajstić information content (AvgIpc) is 2.87. The highest BCUT2D eigenvalue weighted by molar-refractivity contribution is 7.18. The van der Waals surface area contributed by atoms with Gasteiger partial charge in [-0.3, -0.25) is 9.59 Å². The number of benzene rings is 1. The van der Waals surface area contributed by atoms with E-state index >= 15 is 0 Å². The van der Waals surface area contributed by atoms with Gasteiger partial charge in [-0.1, -0.05) is 19.1 Å². The summed E-state index contributed by atoms with van der Waals surface area (Å²) in [5.41, 5.74) is 3.75. The van der Waals surface area contributed by atoms with E-state index in [-0.39, 0.29) is 11.8 Å². The van der Waals surface area contributed by atoms with E-state index in [9.17, 15) is 14.9 Å². The van der Waals surface area contributed by atoms with Crippen molar-refractivity contribution in [1.29, 1.82) is 5.26 Å². The van der Waals surface area contributed by atoms with Crippen LogP contribution in [0.3, 0.4) is 0 Å². The average molecular weight is 341 g/mol. The number of aryl methyl sites for hydroxylation is 1. The molecule has 2 rings (SSSR count). The highest BCUT2D eigenvalue weighted by atomic mass is 32.1. The predicted molar refractivity (Wildman–Crippen MR) is 96.6 cm³/mol. The van der Waals surface area contributed by atoms with Crippen LogP contribution in [0.15, 0.2) is 18.2 Å². The quantitative estimate of drug-likeness (QED) is 0.876. The Morgan fingerprint density at radius 3 is 2.50 bits per heavy atom. The normalized spacial score (nSPS) is 10.1. The van der Waals surface area contributed by atoms with E-state index in [0.717, 1.165) is 28.2 Å². The summed E-state index contributed by atoms with van der Waals surface area (Å²) in [6.07, 6.45) is 0.311. The number of carbonyl (C=O) groups excluding carboxylic acids is 2. The molecule has 1 heterocycles. The van der Waals surface area contributed by atoms with Gasteiger partial charge in [0.25, 0.3) is 5.91 Å². The molecule has 2 N–H and O–H groups in total. The standard InChI is InChI=1S/C18H19N3O2S/c1-5-15(22)21-18-13(9-19)12(4)16(24-18)17(23)20-14-8-6-7-10(2)11(14)3/h6-8H,5H2,1-4H3,(H,20,23)(H,21,22). The molecule has 0 aliphatic carbocycles. The van der Waals surface area contributed by atoms with Gasteiger partial charge in [0.1, 0.15) is 11.1 Å². The van der Waals surface area contributed by atoms with Crippen LogP contribution >= 0.6 is 11.3 Å². The molecule has 24 heavy (non-hydrogen) atoms. The van der Waals surface area contributed by atoms with E-state index < -0.39 is 0 Å². The topological polar surface area (TPSA) is 82.0 Å². The summed E-state index contributed by atoms with van der Waals surface area (Å²) < 4.78 is 0. The van der Waals surface area contributed by atoms with Crippen LogP contribution in [-0.4, -0.2) is 11.8 Å². The number of anilines is 2. The van der Waals surface area contributed by atoms with E-state index in [4.69, 9.17) is 0 Å². The van der Waals surface area contributed by atoms with Crippen molar-refractivity contribution in [1.82, 2.24) is 0 Å². The number of thiophene rings is 1. The fraction of sp³-hybridized carbons (Fsp3) is 0.278. The summed E-state index contributed by atoms with van der Waals surface area (Å²) >= 11 is 1.13. The van der Waals surface area contributed by atoms with Crippen molar-refractivity contribution in [3.8, 4) is 6.07 Å². The van der Waals surface area contributed by atoms with Crippen LogP contribution < -0.4 is 10.6 Å². The largest absolute Gasteiger partial charge is 0.321 e. The zero-order valence-electron chi connectivity index (χ0n) is 14.1. The lowest BCUT2D eigenvalue weighted by Crippen LogP contribution is -2.12. The predicted octanol–water partition coefficient (Wildman–Crippen LogP) is 4.15. The molecule has 1 aromatic heterocycles. The lowest BCUT2D eigenvalue weighted by Gasteiger charge is -2.09. The molecule has 124 valence electrons. The molecule has 2 amide bonds. The van der Waals surface area contributed by atoms with Crippen molar-refractivity contribution in [2.45, 2.75) is 34.1 Å². The van der Waals surface area contributed by atoms with Crippen molar-refractivity contribution < 1.29 is 9.59 Å². The van der Waals surface area contributed by atoms with Gasteiger partial charge in [-0.2, -0.15) is 5.26 Å². The molecule has 0 saturated heterocycles. The minimum atomic E-state index is -0.278. The van der Waals surface area contributed by atoms with Crippen molar-refractivity contribution in [2.75, 3.05) is 10.6 Å². The molecule has 0 atom stereocenters. The lowest BCUT2D eigenvalue weighted by molar-refractivity contribution is -0.115. The van der Waals surface area contributed by atoms with Crippen molar-refractivity contribution in [3.05, 3.63) is 45.3 Å². The van der Waals surface area contributed by atoms with Gasteiger partial charge in [-0.15, -0.1) is 11.3 Å². The maximum Gasteiger partial charge on any atom is 0.266 e. The zero-order valence-corrected chi connectivity index (χ0v) is 14.9. The smallest absolute Gasteiger partial charge is 0.266 e. The first-order valence-corrected chi connectivity index (χ1v) is 8.41. The highest BCUT2D eigenvalue weighted by Gasteiger charge is 2.21. The second-order valence-corrected chi connectivity index (χ2v) is 6.50. The SMILES string of the molecule is CCC(=O)Nc1sc(C(=O)Nc2cccc(C)c2C)c(C)c1C#N. The van der Waals surface area contributed by atoms with Crippen LogP contribution in [0.5, 0.6) is 0 Å². The van der Waals surface area contributed by atoms with Crippen LogP contribution in [0.2, 0.25) is 0 Å². The zero-order chi connectivity index (χ0) is 17.9. The number of hydrogen-bond acceptors (Lipinski definition) is 4. The van der Waals surface area contributed by atoms with Gasteiger partial charge in [0.15, 0.2) is 0 Å². The third kappa shape index (κ3) is 3.47. The molecule has 0 fully saturated rings. The highest BCUT2D eigenvalue weighted by Crippen LogP contribution is 2.33. The van der Waals surface area contributed by atoms with Crippen molar-refractivity contribution in [2.24, 2.45) is 0 Å². The third-order valence-electron chi connectivity index (χ3n) is 3.89. The fourth-order valence-corrected chi connectivity index (χ4v) is 3.30. The Labute approximate surface area is 145 Å². The molecule has 0 radical (unpaired) electrons. The van der Waals surface area contributed by atoms with Gasteiger partial charge in [-0.25, -0.2) is 0 Å². The van der Waals surface area contributed by atoms with Gasteiger partial charge >= 0.3 is 0 Å². The van der Waals surface area contributed by atoms with E-state index in [0.29, 0.717) is 27.4 Å². The second-order valence-electron chi connectivity index (χ2n) is 5.48. The summed E-state index contributed by atoms with van der Waals surface area (Å²) in [4.78, 5) is 24.6. The third-order valence-corrected chi connectivity index (χ3v) is 5.10. The minimum absolute atomic E-state index is 0.186. The van der Waals surface area contributed by atoms with Gasteiger partial charge in [0, 0.05) is 12.1 Å². The van der Waals surface area contributed by atoms with Gasteiger partial charge in [0.2, 0.25) is 5.91 Å². The lowest BCUT2D eigenvalue weighted by atomic mass is 10.1. The Balaban J connectivity index is 2.34. The van der Waals surface area contributed by atoms with Crippen molar-refractivity contribution in [3.63, 3.8) is 0 Å². The number of nitrogens with zero attached hydrogens (tertiary/aromatic N) is 1. The first kappa shape index (κ1) is 17.7. The Hall–Kier alpha value is -2.65. The molecular formula is C18H19N3O2S. The van der Waals surface area contributed by atoms with Crippen LogP contribution in [0.1, 0.15) is 45.3 Å². The number of nitriles is 1. The van der Waals surface area contributed by atoms with Crippen LogP contribution in [0, 0.1) is 32.1 Å². The summed E-state index contributed by atoms with van der Waals surface area (Å²) in [5.74, 6) is -0.464. The number of amides is 2. The van der Waals surface area contributed by atoms with E-state index in [1.807, 2.05) is 32.0 Å². The minimum Gasteiger partial charge on any atom is -0.321 e. The molecule has 6 heteroatoms. The molecule has 0 aliphatic heterocycles. The number of carbonyl (C=O) groups is 2. The van der Waals surface area contributed by atoms with E-state index in [1.165, 1.54) is 0 Å². The van der Waals surface area contributed by atoms with Gasteiger partial charge in [0.05, 0.1) is 10.4 Å². The number of nitrogens with one attached hydrogen (secondary N) is 2. The summed E-state index contributed by atoms with van der Waals surface area (Å²) in [6.45, 7) is 7.37. The molecule has 2 aromatic rings. The van der Waals surface area contributed by atoms with Gasteiger partial charge < -0.3 is 10.6 Å². The van der Waals surface area contributed by atoms with E-state index in [1.54, 1.807) is 13.8 Å². The molecular weight excluding hydrogens is 322 g/mol. The molecule has 1 aromatic carbocycles. The Morgan fingerprint density at radius 1 is 1.17 bits per heavy atom. The Morgan fingerprint density at radius 2 is 1.88 bits per heavy atom. The second kappa shape index (κ2) is 7.28. The fourth-order valence-electron chi connectivity index (χ4n) is 2.23. The van der Waals surface area contributed by atoms with Gasteiger partial charge in [-0.05, 0) is 43.5 Å². The molecule has 0 saturated carbocycles. The van der Waals surface area contributed by atoms with Crippen LogP contribution in [-0.2, 0) is 4.79 Å². The molecule has 0 bridgehead atoms. The molecule has 5 nitrogen and oxygen atoms in total. The first-order valence-electron chi connectivity index (χ1n) is 7.59. The number of rotatable bonds is 4. The maximum absolute atomic E-state index is 12.6. The summed E-state index contributed by atoms with van der Waals surface area (Å²) in [5, 5.41) is 15.3. The molecule has 0 unspecified atom stereocenters. The first-order chi connectivity index (χ1) is 11.4.